The largest absolute Gasteiger partial charge is 1.00 e. The van der Waals surface area contributed by atoms with Crippen LogP contribution in [0.2, 0.25) is 39.3 Å². The Morgan fingerprint density at radius 2 is 1.29 bits per heavy atom. The van der Waals surface area contributed by atoms with Crippen LogP contribution in [0.5, 0.6) is 0 Å². The number of halogens is 3. The summed E-state index contributed by atoms with van der Waals surface area (Å²) < 4.78 is 28.9. The summed E-state index contributed by atoms with van der Waals surface area (Å²) >= 11 is 4.05. The molecule has 0 unspecified atom stereocenters. The van der Waals surface area contributed by atoms with Gasteiger partial charge in [-0.3, -0.25) is 4.98 Å². The molecule has 2 amide bonds. The van der Waals surface area contributed by atoms with Crippen molar-refractivity contribution in [3.05, 3.63) is 60.1 Å². The van der Waals surface area contributed by atoms with Gasteiger partial charge in [0.05, 0.1) is 40.4 Å². The molecule has 17 heteroatoms. The van der Waals surface area contributed by atoms with Crippen molar-refractivity contribution >= 4 is 73.8 Å². The maximum Gasteiger partial charge on any atom is 1.00 e. The quantitative estimate of drug-likeness (QED) is 0.209. The van der Waals surface area contributed by atoms with Gasteiger partial charge in [0.2, 0.25) is 5.95 Å². The van der Waals surface area contributed by atoms with Gasteiger partial charge >= 0.3 is 31.0 Å². The molecule has 276 valence electrons. The Balaban J connectivity index is 0.000000698. The zero-order valence-corrected chi connectivity index (χ0v) is 38.6. The normalized spacial score (nSPS) is 15.1. The number of likely N-dealkylation sites (tertiary alicyclic amines) is 2. The number of nitrogens with zero attached hydrogens (tertiary/aromatic N) is 7. The van der Waals surface area contributed by atoms with Gasteiger partial charge in [0.15, 0.2) is 0 Å². The molecule has 2 aliphatic rings. The maximum atomic E-state index is 12.2. The Morgan fingerprint density at radius 3 is 1.61 bits per heavy atom. The standard InChI is InChI=1S/C14H16IN3O2.C9H14N2O2.C6H18NSi2.C5H3FIN.Li/c1-13(2,3)20-12(19)18-8-14(7-16,9-18)11-10(15)5-4-6-17-11;1-9(2,3)13-8(12)11-5-7(4-10)6-11;1-8(2,3)7-9(4,5)6;6-5-4(7)2-1-3-8-5;/h4-6H,8-9H2,1-3H3;7H,5-6H2,1-3H3;1-6H3;1-3H;/q;;-1;;+1. The molecule has 0 saturated carbocycles. The fourth-order valence-corrected chi connectivity index (χ4v) is 13.7. The Hall–Kier alpha value is -1.80. The van der Waals surface area contributed by atoms with E-state index in [-0.39, 0.29) is 37.0 Å². The summed E-state index contributed by atoms with van der Waals surface area (Å²) in [6, 6.07) is 11.5. The van der Waals surface area contributed by atoms with Gasteiger partial charge in [0.1, 0.15) is 16.6 Å². The van der Waals surface area contributed by atoms with Gasteiger partial charge in [-0.2, -0.15) is 14.9 Å². The molecule has 0 radical (unpaired) electrons. The molecular formula is C34H51FI2LiN7O4Si2. The molecule has 0 atom stereocenters. The predicted molar refractivity (Wildman–Crippen MR) is 216 cm³/mol. The number of aromatic nitrogens is 2. The Bertz CT molecular complexity index is 1490. The molecule has 4 rings (SSSR count). The minimum atomic E-state index is -1.11. The van der Waals surface area contributed by atoms with Gasteiger partial charge in [0, 0.05) is 29.1 Å². The first-order chi connectivity index (χ1) is 22.7. The number of hydrogen-bond acceptors (Lipinski definition) is 8. The van der Waals surface area contributed by atoms with Gasteiger partial charge in [0.25, 0.3) is 0 Å². The van der Waals surface area contributed by atoms with E-state index in [9.17, 15) is 19.2 Å². The Labute approximate surface area is 345 Å². The van der Waals surface area contributed by atoms with Gasteiger partial charge < -0.3 is 23.9 Å². The molecule has 2 fully saturated rings. The van der Waals surface area contributed by atoms with Gasteiger partial charge in [-0.1, -0.05) is 55.8 Å². The van der Waals surface area contributed by atoms with Crippen LogP contribution in [-0.2, 0) is 14.9 Å². The van der Waals surface area contributed by atoms with E-state index < -0.39 is 39.0 Å². The van der Waals surface area contributed by atoms with Crippen LogP contribution in [0, 0.1) is 41.7 Å². The SMILES string of the molecule is CC(C)(C)OC(=O)N1CC(C#N)(c2ncccc2I)C1.CC(C)(C)OC(=O)N1CC(C#N)C1.C[Si](C)(C)[N-][Si](C)(C)C.Fc1ncccc1I.[Li+]. The second-order valence-electron chi connectivity index (χ2n) is 15.8. The van der Waals surface area contributed by atoms with Gasteiger partial charge in [-0.05, 0) is 111 Å². The fraction of sp³-hybridized carbons (Fsp3) is 0.588. The number of carbonyl (C=O) groups is 2. The first-order valence-corrected chi connectivity index (χ1v) is 25.1. The third-order valence-electron chi connectivity index (χ3n) is 6.10. The Morgan fingerprint density at radius 1 is 0.863 bits per heavy atom. The smallest absolute Gasteiger partial charge is 0.668 e. The third-order valence-corrected chi connectivity index (χ3v) is 13.1. The van der Waals surface area contributed by atoms with Gasteiger partial charge in [-0.15, -0.1) is 0 Å². The van der Waals surface area contributed by atoms with Crippen molar-refractivity contribution in [1.82, 2.24) is 19.8 Å². The number of nitriles is 2. The van der Waals surface area contributed by atoms with Crippen molar-refractivity contribution in [2.75, 3.05) is 26.2 Å². The number of pyridine rings is 2. The zero-order valence-electron chi connectivity index (χ0n) is 32.3. The molecule has 51 heavy (non-hydrogen) atoms. The van der Waals surface area contributed by atoms with E-state index in [4.69, 9.17) is 19.4 Å². The summed E-state index contributed by atoms with van der Waals surface area (Å²) in [5, 5.41) is 18.0. The van der Waals surface area contributed by atoms with E-state index in [1.165, 1.54) is 6.20 Å². The summed E-state index contributed by atoms with van der Waals surface area (Å²) in [7, 11) is -2.21. The third kappa shape index (κ3) is 19.2. The maximum absolute atomic E-state index is 12.2. The van der Waals surface area contributed by atoms with Crippen molar-refractivity contribution < 1.29 is 42.3 Å². The average molecular weight is 958 g/mol. The van der Waals surface area contributed by atoms with Crippen LogP contribution >= 0.6 is 45.2 Å². The molecule has 4 heterocycles. The van der Waals surface area contributed by atoms with E-state index in [2.05, 4.69) is 84.0 Å². The average Bonchev–Trinajstić information content (AvgIpc) is 2.87. The molecule has 11 nitrogen and oxygen atoms in total. The summed E-state index contributed by atoms with van der Waals surface area (Å²) in [6.07, 6.45) is 2.40. The van der Waals surface area contributed by atoms with Crippen molar-refractivity contribution in [2.45, 2.75) is 97.4 Å². The van der Waals surface area contributed by atoms with E-state index >= 15 is 0 Å². The topological polar surface area (TPSA) is 147 Å². The number of hydrogen-bond donors (Lipinski definition) is 0. The summed E-state index contributed by atoms with van der Waals surface area (Å²) in [4.78, 5) is 34.0. The number of rotatable bonds is 3. The molecule has 0 aromatic carbocycles. The molecule has 0 N–H and O–H groups in total. The summed E-state index contributed by atoms with van der Waals surface area (Å²) in [5.41, 5.74) is -0.951. The number of ether oxygens (including phenoxy) is 2. The van der Waals surface area contributed by atoms with E-state index in [1.54, 1.807) is 28.1 Å². The van der Waals surface area contributed by atoms with Crippen molar-refractivity contribution in [3.63, 3.8) is 0 Å². The first kappa shape index (κ1) is 49.2. The van der Waals surface area contributed by atoms with Crippen molar-refractivity contribution in [1.29, 1.82) is 10.5 Å². The molecule has 0 spiro atoms. The first-order valence-electron chi connectivity index (χ1n) is 16.1. The Kier molecular flexibility index (Phi) is 19.9. The fourth-order valence-electron chi connectivity index (χ4n) is 4.48. The minimum Gasteiger partial charge on any atom is -0.668 e. The molecular weight excluding hydrogens is 906 g/mol. The van der Waals surface area contributed by atoms with Crippen LogP contribution in [0.1, 0.15) is 47.2 Å². The van der Waals surface area contributed by atoms with Crippen molar-refractivity contribution in [3.8, 4) is 12.1 Å². The summed E-state index contributed by atoms with van der Waals surface area (Å²) in [5.74, 6) is -0.402. The number of carbonyl (C=O) groups excluding carboxylic acids is 2. The van der Waals surface area contributed by atoms with E-state index in [0.29, 0.717) is 29.7 Å². The molecule has 2 aliphatic heterocycles. The minimum absolute atomic E-state index is 0. The second kappa shape index (κ2) is 20.6. The predicted octanol–water partition coefficient (Wildman–Crippen LogP) is 5.93. The summed E-state index contributed by atoms with van der Waals surface area (Å²) in [6.45, 7) is 26.4. The van der Waals surface area contributed by atoms with Crippen LogP contribution in [0.15, 0.2) is 36.7 Å². The number of amides is 2. The molecule has 2 aromatic rings. The van der Waals surface area contributed by atoms with Gasteiger partial charge in [-0.25, -0.2) is 14.6 Å². The van der Waals surface area contributed by atoms with Crippen LogP contribution < -0.4 is 18.9 Å². The van der Waals surface area contributed by atoms with E-state index in [0.717, 1.165) is 9.26 Å². The molecule has 2 saturated heterocycles. The monoisotopic (exact) mass is 957 g/mol. The molecule has 0 aliphatic carbocycles. The van der Waals surface area contributed by atoms with Crippen LogP contribution in [0.3, 0.4) is 0 Å². The van der Waals surface area contributed by atoms with Crippen LogP contribution in [0.4, 0.5) is 14.0 Å². The van der Waals surface area contributed by atoms with Crippen LogP contribution in [0.25, 0.3) is 4.65 Å². The van der Waals surface area contributed by atoms with Crippen molar-refractivity contribution in [2.24, 2.45) is 5.92 Å². The molecule has 0 bridgehead atoms. The van der Waals surface area contributed by atoms with Crippen LogP contribution in [-0.4, -0.2) is 85.8 Å². The second-order valence-corrected chi connectivity index (χ2v) is 27.7. The molecule has 2 aromatic heterocycles. The zero-order chi connectivity index (χ0) is 38.7. The van der Waals surface area contributed by atoms with E-state index in [1.807, 2.05) is 76.3 Å².